The van der Waals surface area contributed by atoms with E-state index in [-0.39, 0.29) is 0 Å². The standard InChI is InChI=1S/C14H23NO2/c1-9-4-13(5-9)15-11-2-3-12(15)7-10(6-11)8-14(16)17/h9-13H,2-8H2,1H3,(H,16,17). The van der Waals surface area contributed by atoms with Crippen LogP contribution in [0.4, 0.5) is 0 Å². The van der Waals surface area contributed by atoms with E-state index in [0.29, 0.717) is 24.4 Å². The zero-order chi connectivity index (χ0) is 12.0. The lowest BCUT2D eigenvalue weighted by molar-refractivity contribution is -0.138. The van der Waals surface area contributed by atoms with Gasteiger partial charge in [0.15, 0.2) is 0 Å². The summed E-state index contributed by atoms with van der Waals surface area (Å²) >= 11 is 0. The van der Waals surface area contributed by atoms with Gasteiger partial charge in [-0.15, -0.1) is 0 Å². The van der Waals surface area contributed by atoms with E-state index in [4.69, 9.17) is 5.11 Å². The summed E-state index contributed by atoms with van der Waals surface area (Å²) in [6, 6.07) is 2.24. The van der Waals surface area contributed by atoms with E-state index in [1.807, 2.05) is 0 Å². The highest BCUT2D eigenvalue weighted by molar-refractivity contribution is 5.67. The number of carbonyl (C=O) groups is 1. The van der Waals surface area contributed by atoms with E-state index in [0.717, 1.165) is 24.8 Å². The van der Waals surface area contributed by atoms with Crippen LogP contribution in [0.5, 0.6) is 0 Å². The molecule has 2 heterocycles. The summed E-state index contributed by atoms with van der Waals surface area (Å²) in [7, 11) is 0. The Morgan fingerprint density at radius 1 is 1.12 bits per heavy atom. The highest BCUT2D eigenvalue weighted by Crippen LogP contribution is 2.45. The summed E-state index contributed by atoms with van der Waals surface area (Å²) in [6.45, 7) is 2.34. The predicted molar refractivity (Wildman–Crippen MR) is 65.8 cm³/mol. The lowest BCUT2D eigenvalue weighted by Gasteiger charge is -2.49. The van der Waals surface area contributed by atoms with Crippen LogP contribution in [0.2, 0.25) is 0 Å². The number of hydrogen-bond acceptors (Lipinski definition) is 2. The molecule has 3 heteroatoms. The molecular weight excluding hydrogens is 214 g/mol. The molecule has 2 saturated heterocycles. The Kier molecular flexibility index (Phi) is 2.89. The van der Waals surface area contributed by atoms with Crippen LogP contribution in [0.15, 0.2) is 0 Å². The maximum Gasteiger partial charge on any atom is 0.303 e. The molecule has 3 nitrogen and oxygen atoms in total. The molecule has 96 valence electrons. The Hall–Kier alpha value is -0.570. The predicted octanol–water partition coefficient (Wildman–Crippen LogP) is 2.50. The van der Waals surface area contributed by atoms with Crippen molar-refractivity contribution in [2.24, 2.45) is 11.8 Å². The Labute approximate surface area is 103 Å². The van der Waals surface area contributed by atoms with Crippen molar-refractivity contribution in [3.8, 4) is 0 Å². The molecule has 2 bridgehead atoms. The molecule has 0 aromatic rings. The van der Waals surface area contributed by atoms with Crippen molar-refractivity contribution in [2.45, 2.75) is 70.0 Å². The van der Waals surface area contributed by atoms with E-state index >= 15 is 0 Å². The van der Waals surface area contributed by atoms with Gasteiger partial charge < -0.3 is 5.11 Å². The first-order valence-corrected chi connectivity index (χ1v) is 7.12. The van der Waals surface area contributed by atoms with Crippen LogP contribution in [-0.4, -0.2) is 34.1 Å². The molecule has 0 radical (unpaired) electrons. The third kappa shape index (κ3) is 2.10. The largest absolute Gasteiger partial charge is 0.481 e. The van der Waals surface area contributed by atoms with Gasteiger partial charge in [-0.25, -0.2) is 0 Å². The number of hydrogen-bond donors (Lipinski definition) is 1. The molecule has 1 saturated carbocycles. The number of aliphatic carboxylic acids is 1. The van der Waals surface area contributed by atoms with Crippen molar-refractivity contribution in [3.05, 3.63) is 0 Å². The van der Waals surface area contributed by atoms with E-state index in [1.165, 1.54) is 25.7 Å². The molecule has 2 atom stereocenters. The average Bonchev–Trinajstić information content (AvgIpc) is 2.44. The van der Waals surface area contributed by atoms with Crippen LogP contribution in [0.3, 0.4) is 0 Å². The van der Waals surface area contributed by atoms with Gasteiger partial charge >= 0.3 is 5.97 Å². The third-order valence-electron chi connectivity index (χ3n) is 5.12. The van der Waals surface area contributed by atoms with Crippen LogP contribution in [-0.2, 0) is 4.79 Å². The fraction of sp³-hybridized carbons (Fsp3) is 0.929. The molecule has 3 rings (SSSR count). The fourth-order valence-electron chi connectivity index (χ4n) is 4.44. The lowest BCUT2D eigenvalue weighted by atomic mass is 9.77. The van der Waals surface area contributed by atoms with Crippen molar-refractivity contribution in [2.75, 3.05) is 0 Å². The number of fused-ring (bicyclic) bond motifs is 2. The second-order valence-electron chi connectivity index (χ2n) is 6.50. The highest BCUT2D eigenvalue weighted by atomic mass is 16.4. The van der Waals surface area contributed by atoms with Crippen molar-refractivity contribution in [1.82, 2.24) is 4.90 Å². The number of nitrogens with zero attached hydrogens (tertiary/aromatic N) is 1. The summed E-state index contributed by atoms with van der Waals surface area (Å²) in [5.74, 6) is 0.745. The molecule has 17 heavy (non-hydrogen) atoms. The van der Waals surface area contributed by atoms with Gasteiger partial charge in [-0.2, -0.15) is 0 Å². The van der Waals surface area contributed by atoms with Crippen LogP contribution in [0.25, 0.3) is 0 Å². The van der Waals surface area contributed by atoms with Gasteiger partial charge in [0.25, 0.3) is 0 Å². The molecule has 1 aliphatic carbocycles. The smallest absolute Gasteiger partial charge is 0.303 e. The first-order valence-electron chi connectivity index (χ1n) is 7.12. The van der Waals surface area contributed by atoms with Crippen molar-refractivity contribution >= 4 is 5.97 Å². The molecular formula is C14H23NO2. The second-order valence-corrected chi connectivity index (χ2v) is 6.50. The molecule has 2 unspecified atom stereocenters. The molecule has 0 spiro atoms. The summed E-state index contributed by atoms with van der Waals surface area (Å²) in [6.07, 6.45) is 8.02. The Morgan fingerprint density at radius 3 is 2.18 bits per heavy atom. The number of carboxylic acids is 1. The van der Waals surface area contributed by atoms with E-state index < -0.39 is 5.97 Å². The topological polar surface area (TPSA) is 40.5 Å². The zero-order valence-electron chi connectivity index (χ0n) is 10.6. The van der Waals surface area contributed by atoms with Crippen molar-refractivity contribution < 1.29 is 9.90 Å². The van der Waals surface area contributed by atoms with Gasteiger partial charge in [0.05, 0.1) is 0 Å². The minimum Gasteiger partial charge on any atom is -0.481 e. The van der Waals surface area contributed by atoms with Crippen LogP contribution < -0.4 is 0 Å². The average molecular weight is 237 g/mol. The summed E-state index contributed by atoms with van der Waals surface area (Å²) in [5.41, 5.74) is 0. The van der Waals surface area contributed by atoms with Crippen LogP contribution in [0, 0.1) is 11.8 Å². The maximum absolute atomic E-state index is 10.8. The zero-order valence-corrected chi connectivity index (χ0v) is 10.6. The van der Waals surface area contributed by atoms with E-state index in [2.05, 4.69) is 11.8 Å². The first kappa shape index (κ1) is 11.5. The van der Waals surface area contributed by atoms with Gasteiger partial charge in [0, 0.05) is 24.5 Å². The summed E-state index contributed by atoms with van der Waals surface area (Å²) < 4.78 is 0. The van der Waals surface area contributed by atoms with Crippen LogP contribution >= 0.6 is 0 Å². The Bertz CT molecular complexity index is 297. The first-order chi connectivity index (χ1) is 8.13. The minimum absolute atomic E-state index is 0.391. The minimum atomic E-state index is -0.611. The summed E-state index contributed by atoms with van der Waals surface area (Å²) in [4.78, 5) is 13.6. The molecule has 3 fully saturated rings. The van der Waals surface area contributed by atoms with E-state index in [1.54, 1.807) is 0 Å². The van der Waals surface area contributed by atoms with Crippen molar-refractivity contribution in [1.29, 1.82) is 0 Å². The normalized spacial score (nSPS) is 45.6. The second kappa shape index (κ2) is 4.27. The molecule has 3 aliphatic rings. The number of rotatable bonds is 3. The summed E-state index contributed by atoms with van der Waals surface area (Å²) in [5, 5.41) is 8.91. The fourth-order valence-corrected chi connectivity index (χ4v) is 4.44. The third-order valence-corrected chi connectivity index (χ3v) is 5.12. The molecule has 0 aromatic carbocycles. The van der Waals surface area contributed by atoms with Gasteiger partial charge in [-0.05, 0) is 50.4 Å². The van der Waals surface area contributed by atoms with Gasteiger partial charge in [0.1, 0.15) is 0 Å². The van der Waals surface area contributed by atoms with Gasteiger partial charge in [0.2, 0.25) is 0 Å². The maximum atomic E-state index is 10.8. The Morgan fingerprint density at radius 2 is 1.71 bits per heavy atom. The SMILES string of the molecule is CC1CC(N2C3CCC2CC(CC(=O)O)C3)C1. The molecule has 0 amide bonds. The lowest BCUT2D eigenvalue weighted by Crippen LogP contribution is -2.53. The number of piperidine rings is 1. The van der Waals surface area contributed by atoms with Gasteiger partial charge in [-0.3, -0.25) is 9.69 Å². The van der Waals surface area contributed by atoms with Crippen molar-refractivity contribution in [3.63, 3.8) is 0 Å². The monoisotopic (exact) mass is 237 g/mol. The highest BCUT2D eigenvalue weighted by Gasteiger charge is 2.46. The quantitative estimate of drug-likeness (QED) is 0.820. The van der Waals surface area contributed by atoms with Crippen LogP contribution in [0.1, 0.15) is 51.9 Å². The molecule has 2 aliphatic heterocycles. The number of carboxylic acid groups (broad SMARTS) is 1. The molecule has 0 aromatic heterocycles. The molecule has 1 N–H and O–H groups in total. The van der Waals surface area contributed by atoms with Gasteiger partial charge in [-0.1, -0.05) is 6.92 Å². The Balaban J connectivity index is 1.62. The van der Waals surface area contributed by atoms with E-state index in [9.17, 15) is 4.79 Å².